The third-order valence-corrected chi connectivity index (χ3v) is 6.10. The maximum Gasteiger partial charge on any atom is 0.251 e. The first kappa shape index (κ1) is 17.1. The normalized spacial score (nSPS) is 14.8. The largest absolute Gasteiger partial charge is 0.301 e. The number of benzene rings is 2. The van der Waals surface area contributed by atoms with Crippen LogP contribution in [0.25, 0.3) is 0 Å². The molecule has 1 N–H and O–H groups in total. The van der Waals surface area contributed by atoms with Gasteiger partial charge in [0.15, 0.2) is 5.16 Å². The molecule has 3 aromatic rings. The van der Waals surface area contributed by atoms with E-state index in [-0.39, 0.29) is 11.5 Å². The molecule has 3 nitrogen and oxygen atoms in total. The van der Waals surface area contributed by atoms with Crippen LogP contribution < -0.4 is 5.56 Å². The van der Waals surface area contributed by atoms with Gasteiger partial charge in [0.25, 0.3) is 5.56 Å². The van der Waals surface area contributed by atoms with Gasteiger partial charge in [0.2, 0.25) is 0 Å². The van der Waals surface area contributed by atoms with Crippen molar-refractivity contribution in [1.29, 1.82) is 0 Å². The Morgan fingerprint density at radius 1 is 0.923 bits per heavy atom. The Morgan fingerprint density at radius 3 is 2.08 bits per heavy atom. The summed E-state index contributed by atoms with van der Waals surface area (Å²) in [4.78, 5) is 20.1. The quantitative estimate of drug-likeness (QED) is 0.651. The van der Waals surface area contributed by atoms with Crippen molar-refractivity contribution in [2.24, 2.45) is 0 Å². The second kappa shape index (κ2) is 7.92. The molecular weight excluding hydrogens is 340 g/mol. The Bertz CT molecular complexity index is 863. The van der Waals surface area contributed by atoms with Gasteiger partial charge in [0.05, 0.1) is 11.6 Å². The third kappa shape index (κ3) is 3.91. The highest BCUT2D eigenvalue weighted by Crippen LogP contribution is 2.34. The minimum atomic E-state index is -0.0765. The molecule has 1 saturated carbocycles. The molecule has 0 saturated heterocycles. The first-order valence-corrected chi connectivity index (χ1v) is 10.1. The lowest BCUT2D eigenvalue weighted by atomic mass is 9.88. The molecule has 132 valence electrons. The topological polar surface area (TPSA) is 45.8 Å². The van der Waals surface area contributed by atoms with Crippen LogP contribution in [-0.4, -0.2) is 15.2 Å². The number of hydrogen-bond acceptors (Lipinski definition) is 3. The Hall–Kier alpha value is -2.33. The van der Waals surface area contributed by atoms with Gasteiger partial charge in [-0.15, -0.1) is 0 Å². The average Bonchev–Trinajstić information content (AvgIpc) is 3.16. The molecule has 0 aliphatic heterocycles. The van der Waals surface area contributed by atoms with Crippen molar-refractivity contribution in [1.82, 2.24) is 9.97 Å². The first-order valence-electron chi connectivity index (χ1n) is 9.17. The Labute approximate surface area is 157 Å². The van der Waals surface area contributed by atoms with Crippen molar-refractivity contribution < 1.29 is 0 Å². The fourth-order valence-electron chi connectivity index (χ4n) is 3.65. The van der Waals surface area contributed by atoms with Crippen LogP contribution >= 0.6 is 11.8 Å². The number of H-pyrrole nitrogens is 1. The van der Waals surface area contributed by atoms with E-state index in [9.17, 15) is 4.79 Å². The molecule has 4 heteroatoms. The fraction of sp³-hybridized carbons (Fsp3) is 0.273. The zero-order chi connectivity index (χ0) is 17.8. The molecule has 1 aliphatic rings. The molecule has 0 amide bonds. The lowest BCUT2D eigenvalue weighted by Gasteiger charge is -2.18. The molecule has 0 radical (unpaired) electrons. The number of rotatable bonds is 5. The molecule has 1 heterocycles. The predicted molar refractivity (Wildman–Crippen MR) is 107 cm³/mol. The standard InChI is InChI=1S/C22H22N2OS/c25-20-15-19(23-22(24-20)26-18-13-7-8-14-18)21(16-9-3-1-4-10-16)17-11-5-2-6-12-17/h1-6,9-12,15,18,21H,7-8,13-14H2,(H,23,24,25). The summed E-state index contributed by atoms with van der Waals surface area (Å²) in [5, 5.41) is 1.32. The summed E-state index contributed by atoms with van der Waals surface area (Å²) in [5.41, 5.74) is 3.03. The molecule has 0 unspecified atom stereocenters. The fourth-order valence-corrected chi connectivity index (χ4v) is 4.85. The van der Waals surface area contributed by atoms with Gasteiger partial charge in [-0.3, -0.25) is 4.79 Å². The van der Waals surface area contributed by atoms with E-state index in [1.165, 1.54) is 25.7 Å². The number of thioether (sulfide) groups is 1. The number of nitrogens with zero attached hydrogens (tertiary/aromatic N) is 1. The molecule has 0 spiro atoms. The summed E-state index contributed by atoms with van der Waals surface area (Å²) in [6.45, 7) is 0. The van der Waals surface area contributed by atoms with Gasteiger partial charge in [-0.25, -0.2) is 4.98 Å². The number of aromatic amines is 1. The van der Waals surface area contributed by atoms with Crippen LogP contribution in [0.4, 0.5) is 0 Å². The summed E-state index contributed by atoms with van der Waals surface area (Å²) in [6, 6.07) is 22.2. The molecule has 26 heavy (non-hydrogen) atoms. The molecule has 1 aliphatic carbocycles. The van der Waals surface area contributed by atoms with Crippen molar-refractivity contribution in [2.75, 3.05) is 0 Å². The van der Waals surface area contributed by atoms with Crippen LogP contribution in [-0.2, 0) is 0 Å². The van der Waals surface area contributed by atoms with Gasteiger partial charge in [-0.1, -0.05) is 85.3 Å². The van der Waals surface area contributed by atoms with Gasteiger partial charge in [0.1, 0.15) is 0 Å². The highest BCUT2D eigenvalue weighted by molar-refractivity contribution is 7.99. The molecule has 0 bridgehead atoms. The average molecular weight is 362 g/mol. The molecule has 4 rings (SSSR count). The van der Waals surface area contributed by atoms with Gasteiger partial charge < -0.3 is 4.98 Å². The van der Waals surface area contributed by atoms with Gasteiger partial charge >= 0.3 is 0 Å². The monoisotopic (exact) mass is 362 g/mol. The first-order chi connectivity index (χ1) is 12.8. The van der Waals surface area contributed by atoms with Crippen LogP contribution in [0.5, 0.6) is 0 Å². The van der Waals surface area contributed by atoms with Crippen LogP contribution in [0.2, 0.25) is 0 Å². The minimum Gasteiger partial charge on any atom is -0.301 e. The Kier molecular flexibility index (Phi) is 5.21. The van der Waals surface area contributed by atoms with Crippen LogP contribution in [0, 0.1) is 0 Å². The SMILES string of the molecule is O=c1cc(C(c2ccccc2)c2ccccc2)nc(SC2CCCC2)[nH]1. The second-order valence-corrected chi connectivity index (χ2v) is 8.04. The zero-order valence-electron chi connectivity index (χ0n) is 14.6. The minimum absolute atomic E-state index is 0.0392. The maximum absolute atomic E-state index is 12.3. The summed E-state index contributed by atoms with van der Waals surface area (Å²) < 4.78 is 0. The lowest BCUT2D eigenvalue weighted by Crippen LogP contribution is -2.15. The number of nitrogens with one attached hydrogen (secondary N) is 1. The smallest absolute Gasteiger partial charge is 0.251 e. The van der Waals surface area contributed by atoms with E-state index in [1.807, 2.05) is 36.4 Å². The second-order valence-electron chi connectivity index (χ2n) is 6.75. The lowest BCUT2D eigenvalue weighted by molar-refractivity contribution is 0.816. The molecular formula is C22H22N2OS. The van der Waals surface area contributed by atoms with E-state index in [0.717, 1.165) is 22.0 Å². The van der Waals surface area contributed by atoms with Gasteiger partial charge in [0, 0.05) is 11.3 Å². The van der Waals surface area contributed by atoms with E-state index in [0.29, 0.717) is 5.25 Å². The van der Waals surface area contributed by atoms with Crippen molar-refractivity contribution in [3.8, 4) is 0 Å². The highest BCUT2D eigenvalue weighted by atomic mass is 32.2. The Morgan fingerprint density at radius 2 is 1.50 bits per heavy atom. The van der Waals surface area contributed by atoms with E-state index in [2.05, 4.69) is 29.2 Å². The van der Waals surface area contributed by atoms with E-state index in [1.54, 1.807) is 17.8 Å². The van der Waals surface area contributed by atoms with Gasteiger partial charge in [-0.2, -0.15) is 0 Å². The van der Waals surface area contributed by atoms with Crippen molar-refractivity contribution in [3.05, 3.63) is 93.9 Å². The summed E-state index contributed by atoms with van der Waals surface area (Å²) >= 11 is 1.72. The van der Waals surface area contributed by atoms with Gasteiger partial charge in [-0.05, 0) is 24.0 Å². The molecule has 1 aromatic heterocycles. The van der Waals surface area contributed by atoms with Crippen LogP contribution in [0.3, 0.4) is 0 Å². The summed E-state index contributed by atoms with van der Waals surface area (Å²) in [6.07, 6.45) is 4.97. The van der Waals surface area contributed by atoms with Crippen LogP contribution in [0.15, 0.2) is 76.7 Å². The zero-order valence-corrected chi connectivity index (χ0v) is 15.4. The van der Waals surface area contributed by atoms with Crippen molar-refractivity contribution >= 4 is 11.8 Å². The highest BCUT2D eigenvalue weighted by Gasteiger charge is 2.21. The van der Waals surface area contributed by atoms with Crippen molar-refractivity contribution in [3.63, 3.8) is 0 Å². The summed E-state index contributed by atoms with van der Waals surface area (Å²) in [5.74, 6) is -0.0392. The predicted octanol–water partition coefficient (Wildman–Crippen LogP) is 4.98. The molecule has 0 atom stereocenters. The molecule has 2 aromatic carbocycles. The summed E-state index contributed by atoms with van der Waals surface area (Å²) in [7, 11) is 0. The maximum atomic E-state index is 12.3. The van der Waals surface area contributed by atoms with Crippen molar-refractivity contribution in [2.45, 2.75) is 42.0 Å². The Balaban J connectivity index is 1.76. The third-order valence-electron chi connectivity index (χ3n) is 4.88. The van der Waals surface area contributed by atoms with E-state index in [4.69, 9.17) is 4.98 Å². The van der Waals surface area contributed by atoms with E-state index < -0.39 is 0 Å². The van der Waals surface area contributed by atoms with E-state index >= 15 is 0 Å². The number of hydrogen-bond donors (Lipinski definition) is 1. The molecule has 1 fully saturated rings. The number of aromatic nitrogens is 2. The van der Waals surface area contributed by atoms with Crippen LogP contribution in [0.1, 0.15) is 48.4 Å².